The van der Waals surface area contributed by atoms with Crippen molar-refractivity contribution in [2.45, 2.75) is 74.5 Å². The molecular weight excluding hydrogens is 501 g/mol. The van der Waals surface area contributed by atoms with Crippen molar-refractivity contribution in [2.75, 3.05) is 24.6 Å². The summed E-state index contributed by atoms with van der Waals surface area (Å²) in [5.41, 5.74) is -0.540. The number of aromatic nitrogens is 3. The van der Waals surface area contributed by atoms with E-state index in [1.807, 2.05) is 0 Å². The fourth-order valence-electron chi connectivity index (χ4n) is 6.68. The second-order valence-corrected chi connectivity index (χ2v) is 10.6. The second kappa shape index (κ2) is 8.76. The van der Waals surface area contributed by atoms with E-state index in [-0.39, 0.29) is 47.0 Å². The maximum Gasteiger partial charge on any atom is 0.404 e. The topological polar surface area (TPSA) is 104 Å². The molecule has 4 aliphatic heterocycles. The average Bonchev–Trinajstić information content (AvgIpc) is 3.47. The van der Waals surface area contributed by atoms with Gasteiger partial charge in [0.2, 0.25) is 0 Å². The lowest BCUT2D eigenvalue weighted by Crippen LogP contribution is -2.58. The molecule has 4 fully saturated rings. The zero-order valence-electron chi connectivity index (χ0n) is 19.3. The van der Waals surface area contributed by atoms with Crippen molar-refractivity contribution in [2.24, 2.45) is 0 Å². The number of nitrogens with one attached hydrogen (secondary N) is 1. The van der Waals surface area contributed by atoms with Crippen LogP contribution in [0.2, 0.25) is 5.15 Å². The van der Waals surface area contributed by atoms with Crippen molar-refractivity contribution in [1.82, 2.24) is 25.2 Å². The van der Waals surface area contributed by atoms with Gasteiger partial charge in [0.1, 0.15) is 30.3 Å². The molecule has 4 aliphatic rings. The normalized spacial score (nSPS) is 33.8. The number of anilines is 1. The van der Waals surface area contributed by atoms with Crippen molar-refractivity contribution in [3.8, 4) is 6.01 Å². The number of piperidine rings is 1. The lowest BCUT2D eigenvalue weighted by molar-refractivity contribution is 0.107. The van der Waals surface area contributed by atoms with Gasteiger partial charge in [-0.2, -0.15) is 9.97 Å². The Morgan fingerprint density at radius 1 is 1.33 bits per heavy atom. The summed E-state index contributed by atoms with van der Waals surface area (Å²) >= 11 is 5.93. The van der Waals surface area contributed by atoms with E-state index in [2.05, 4.69) is 25.2 Å². The number of ether oxygens (including phenoxy) is 1. The first kappa shape index (κ1) is 23.8. The molecule has 0 aliphatic carbocycles. The number of alkyl halides is 2. The van der Waals surface area contributed by atoms with Crippen molar-refractivity contribution in [3.63, 3.8) is 0 Å². The monoisotopic (exact) mass is 526 g/mol. The minimum Gasteiger partial charge on any atom is -0.465 e. The van der Waals surface area contributed by atoms with Gasteiger partial charge >= 0.3 is 12.1 Å². The summed E-state index contributed by atoms with van der Waals surface area (Å²) in [6.45, 7) is 1.32. The van der Waals surface area contributed by atoms with E-state index in [9.17, 15) is 9.18 Å². The molecule has 6 rings (SSSR count). The average molecular weight is 527 g/mol. The molecule has 9 nitrogen and oxygen atoms in total. The molecule has 6 atom stereocenters. The number of carbonyl (C=O) groups is 1. The predicted molar refractivity (Wildman–Crippen MR) is 125 cm³/mol. The van der Waals surface area contributed by atoms with Crippen LogP contribution in [0.1, 0.15) is 38.5 Å². The summed E-state index contributed by atoms with van der Waals surface area (Å²) in [6.07, 6.45) is 1.12. The van der Waals surface area contributed by atoms with Crippen LogP contribution >= 0.6 is 11.6 Å². The molecule has 6 heterocycles. The number of hydrogen-bond donors (Lipinski definition) is 2. The van der Waals surface area contributed by atoms with E-state index in [1.165, 1.54) is 6.20 Å². The molecule has 1 amide bonds. The number of pyridine rings is 1. The Balaban J connectivity index is 1.36. The highest BCUT2D eigenvalue weighted by Crippen LogP contribution is 2.44. The van der Waals surface area contributed by atoms with Crippen LogP contribution in [0, 0.1) is 5.82 Å². The van der Waals surface area contributed by atoms with E-state index in [4.69, 9.17) is 21.4 Å². The zero-order chi connectivity index (χ0) is 25.2. The van der Waals surface area contributed by atoms with Crippen LogP contribution in [0.15, 0.2) is 6.20 Å². The standard InChI is InChI=1S/C23H26ClF3N6O3/c24-19-17(27)18-13(8-28-19)20(33-12-2-3-15(33)16(26)14(6-12)29-22(34)35)31-21(30-18)36-10-23-4-1-5-32(23)9-11(25)7-23/h8,11-12,14-16,29H,1-7,9-10H2,(H,34,35)/t11-,12?,14+,15+,16-,23+/m1/s1. The van der Waals surface area contributed by atoms with Gasteiger partial charge in [-0.25, -0.2) is 22.9 Å². The van der Waals surface area contributed by atoms with E-state index in [1.54, 1.807) is 4.90 Å². The Morgan fingerprint density at radius 3 is 2.97 bits per heavy atom. The number of carboxylic acid groups (broad SMARTS) is 1. The molecule has 2 aromatic rings. The largest absolute Gasteiger partial charge is 0.465 e. The summed E-state index contributed by atoms with van der Waals surface area (Å²) in [6, 6.07) is -1.80. The highest BCUT2D eigenvalue weighted by Gasteiger charge is 2.51. The lowest BCUT2D eigenvalue weighted by Gasteiger charge is -2.42. The molecule has 1 unspecified atom stereocenters. The summed E-state index contributed by atoms with van der Waals surface area (Å²) in [4.78, 5) is 27.8. The Hall–Kier alpha value is -2.60. The van der Waals surface area contributed by atoms with E-state index in [0.717, 1.165) is 19.4 Å². The molecule has 0 saturated carbocycles. The van der Waals surface area contributed by atoms with Gasteiger partial charge in [-0.1, -0.05) is 11.6 Å². The van der Waals surface area contributed by atoms with Gasteiger partial charge in [0.15, 0.2) is 11.0 Å². The molecule has 2 N–H and O–H groups in total. The van der Waals surface area contributed by atoms with Gasteiger partial charge in [0, 0.05) is 25.2 Å². The van der Waals surface area contributed by atoms with Crippen LogP contribution in [0.25, 0.3) is 10.9 Å². The molecule has 0 radical (unpaired) electrons. The minimum atomic E-state index is -1.48. The Labute approximate surface area is 210 Å². The quantitative estimate of drug-likeness (QED) is 0.571. The number of halogens is 4. The molecule has 194 valence electrons. The van der Waals surface area contributed by atoms with Crippen LogP contribution < -0.4 is 15.0 Å². The Bertz CT molecular complexity index is 1210. The zero-order valence-corrected chi connectivity index (χ0v) is 20.1. The van der Waals surface area contributed by atoms with Gasteiger partial charge in [-0.3, -0.25) is 4.90 Å². The molecule has 4 saturated heterocycles. The molecular formula is C23H26ClF3N6O3. The van der Waals surface area contributed by atoms with E-state index >= 15 is 8.78 Å². The SMILES string of the molecule is O=C(O)N[C@H]1CC2CC[C@@H]([C@@H]1F)N2c1nc(OC[C@@]23CCCN2C[C@H](F)C3)nc2c(F)c(Cl)ncc12. The molecule has 2 bridgehead atoms. The number of fused-ring (bicyclic) bond motifs is 4. The smallest absolute Gasteiger partial charge is 0.404 e. The Kier molecular flexibility index (Phi) is 5.78. The molecule has 2 aromatic heterocycles. The Morgan fingerprint density at radius 2 is 2.17 bits per heavy atom. The maximum absolute atomic E-state index is 15.4. The molecule has 13 heteroatoms. The lowest BCUT2D eigenvalue weighted by atomic mass is 9.95. The van der Waals surface area contributed by atoms with Crippen LogP contribution in [0.3, 0.4) is 0 Å². The van der Waals surface area contributed by atoms with Crippen molar-refractivity contribution < 1.29 is 27.8 Å². The van der Waals surface area contributed by atoms with Gasteiger partial charge in [-0.15, -0.1) is 0 Å². The van der Waals surface area contributed by atoms with Gasteiger partial charge < -0.3 is 20.1 Å². The van der Waals surface area contributed by atoms with Crippen LogP contribution in [0.5, 0.6) is 6.01 Å². The fraction of sp³-hybridized carbons (Fsp3) is 0.652. The van der Waals surface area contributed by atoms with E-state index < -0.39 is 41.9 Å². The van der Waals surface area contributed by atoms with Crippen molar-refractivity contribution in [1.29, 1.82) is 0 Å². The maximum atomic E-state index is 15.4. The fourth-order valence-corrected chi connectivity index (χ4v) is 6.82. The van der Waals surface area contributed by atoms with Gasteiger partial charge in [0.05, 0.1) is 23.0 Å². The summed E-state index contributed by atoms with van der Waals surface area (Å²) in [5.74, 6) is -0.558. The molecule has 0 spiro atoms. The summed E-state index contributed by atoms with van der Waals surface area (Å²) in [7, 11) is 0. The highest BCUT2D eigenvalue weighted by atomic mass is 35.5. The first-order valence-corrected chi connectivity index (χ1v) is 12.6. The van der Waals surface area contributed by atoms with Crippen LogP contribution in [0.4, 0.5) is 23.8 Å². The van der Waals surface area contributed by atoms with E-state index in [0.29, 0.717) is 25.8 Å². The summed E-state index contributed by atoms with van der Waals surface area (Å²) in [5, 5.41) is 11.3. The number of nitrogens with zero attached hydrogens (tertiary/aromatic N) is 5. The molecule has 0 aromatic carbocycles. The van der Waals surface area contributed by atoms with Crippen molar-refractivity contribution in [3.05, 3.63) is 17.2 Å². The minimum absolute atomic E-state index is 0.0915. The highest BCUT2D eigenvalue weighted by molar-refractivity contribution is 6.30. The molecule has 36 heavy (non-hydrogen) atoms. The van der Waals surface area contributed by atoms with Crippen LogP contribution in [-0.4, -0.2) is 86.8 Å². The number of rotatable bonds is 5. The summed E-state index contributed by atoms with van der Waals surface area (Å²) < 4.78 is 50.7. The second-order valence-electron chi connectivity index (χ2n) is 10.3. The van der Waals surface area contributed by atoms with Crippen molar-refractivity contribution >= 4 is 34.4 Å². The number of hydrogen-bond acceptors (Lipinski definition) is 7. The van der Waals surface area contributed by atoms with Gasteiger partial charge in [-0.05, 0) is 38.6 Å². The number of amides is 1. The first-order chi connectivity index (χ1) is 17.3. The van der Waals surface area contributed by atoms with Gasteiger partial charge in [0.25, 0.3) is 0 Å². The third-order valence-electron chi connectivity index (χ3n) is 8.21. The first-order valence-electron chi connectivity index (χ1n) is 12.2. The van der Waals surface area contributed by atoms with Crippen LogP contribution in [-0.2, 0) is 0 Å². The predicted octanol–water partition coefficient (Wildman–Crippen LogP) is 3.49. The third kappa shape index (κ3) is 3.80. The third-order valence-corrected chi connectivity index (χ3v) is 8.47.